The van der Waals surface area contributed by atoms with E-state index in [0.29, 0.717) is 12.0 Å². The van der Waals surface area contributed by atoms with Crippen LogP contribution in [0.3, 0.4) is 0 Å². The monoisotopic (exact) mass is 465 g/mol. The minimum atomic E-state index is 0. The SMILES string of the molecule is Brc1cccc(-c2cnc([C@@H](NCC3CCCCC3)C3CCCCC3)[nH]2)c1.Cl. The van der Waals surface area contributed by atoms with E-state index in [1.54, 1.807) is 0 Å². The number of halogens is 2. The summed E-state index contributed by atoms with van der Waals surface area (Å²) in [5, 5.41) is 3.95. The van der Waals surface area contributed by atoms with E-state index in [1.165, 1.54) is 69.8 Å². The Morgan fingerprint density at radius 2 is 1.75 bits per heavy atom. The average Bonchev–Trinajstić information content (AvgIpc) is 3.20. The average molecular weight is 467 g/mol. The molecule has 0 saturated heterocycles. The van der Waals surface area contributed by atoms with Crippen LogP contribution in [0.1, 0.15) is 76.1 Å². The molecule has 154 valence electrons. The van der Waals surface area contributed by atoms with Crippen molar-refractivity contribution in [3.8, 4) is 11.3 Å². The summed E-state index contributed by atoms with van der Waals surface area (Å²) in [6, 6.07) is 8.82. The molecule has 5 heteroatoms. The molecule has 0 bridgehead atoms. The van der Waals surface area contributed by atoms with E-state index >= 15 is 0 Å². The summed E-state index contributed by atoms with van der Waals surface area (Å²) < 4.78 is 1.11. The first-order valence-electron chi connectivity index (χ1n) is 10.8. The minimum absolute atomic E-state index is 0. The molecule has 28 heavy (non-hydrogen) atoms. The lowest BCUT2D eigenvalue weighted by Gasteiger charge is -2.32. The quantitative estimate of drug-likeness (QED) is 0.478. The van der Waals surface area contributed by atoms with Crippen molar-refractivity contribution in [1.29, 1.82) is 0 Å². The summed E-state index contributed by atoms with van der Waals surface area (Å²) >= 11 is 3.58. The fraction of sp³-hybridized carbons (Fsp3) is 0.609. The van der Waals surface area contributed by atoms with Crippen molar-refractivity contribution < 1.29 is 0 Å². The summed E-state index contributed by atoms with van der Waals surface area (Å²) in [7, 11) is 0. The van der Waals surface area contributed by atoms with Gasteiger partial charge < -0.3 is 10.3 Å². The summed E-state index contributed by atoms with van der Waals surface area (Å²) in [6.45, 7) is 1.15. The standard InChI is InChI=1S/C23H32BrN3.ClH/c24-20-13-7-12-19(14-20)21-16-26-23(27-21)22(18-10-5-2-6-11-18)25-15-17-8-3-1-4-9-17;/h7,12-14,16-18,22,25H,1-6,8-11,15H2,(H,26,27);1H/t22-;/m0./s1. The van der Waals surface area contributed by atoms with Gasteiger partial charge in [-0.2, -0.15) is 0 Å². The first-order chi connectivity index (χ1) is 13.3. The molecule has 4 rings (SSSR count). The van der Waals surface area contributed by atoms with E-state index in [2.05, 4.69) is 50.5 Å². The Bertz CT molecular complexity index is 720. The van der Waals surface area contributed by atoms with Gasteiger partial charge in [-0.25, -0.2) is 4.98 Å². The zero-order valence-electron chi connectivity index (χ0n) is 16.6. The molecule has 0 spiro atoms. The van der Waals surface area contributed by atoms with Crippen molar-refractivity contribution >= 4 is 28.3 Å². The third-order valence-corrected chi connectivity index (χ3v) is 6.99. The van der Waals surface area contributed by atoms with E-state index in [1.807, 2.05) is 6.20 Å². The molecular formula is C23H33BrClN3. The Hall–Kier alpha value is -0.840. The molecule has 0 radical (unpaired) electrons. The lowest BCUT2D eigenvalue weighted by Crippen LogP contribution is -2.34. The Morgan fingerprint density at radius 3 is 2.46 bits per heavy atom. The molecule has 1 aromatic carbocycles. The van der Waals surface area contributed by atoms with Gasteiger partial charge in [0, 0.05) is 10.0 Å². The zero-order valence-corrected chi connectivity index (χ0v) is 19.0. The number of nitrogens with one attached hydrogen (secondary N) is 2. The van der Waals surface area contributed by atoms with Crippen LogP contribution in [0.4, 0.5) is 0 Å². The van der Waals surface area contributed by atoms with Crippen LogP contribution in [0.5, 0.6) is 0 Å². The lowest BCUT2D eigenvalue weighted by atomic mass is 9.83. The van der Waals surface area contributed by atoms with E-state index in [-0.39, 0.29) is 12.4 Å². The fourth-order valence-corrected chi connectivity index (χ4v) is 5.34. The maximum absolute atomic E-state index is 4.83. The zero-order chi connectivity index (χ0) is 18.5. The van der Waals surface area contributed by atoms with Crippen LogP contribution in [-0.2, 0) is 0 Å². The van der Waals surface area contributed by atoms with Crippen LogP contribution < -0.4 is 5.32 Å². The van der Waals surface area contributed by atoms with Crippen LogP contribution in [0.2, 0.25) is 0 Å². The van der Waals surface area contributed by atoms with Gasteiger partial charge in [0.05, 0.1) is 17.9 Å². The summed E-state index contributed by atoms with van der Waals surface area (Å²) in [6.07, 6.45) is 15.8. The molecule has 1 heterocycles. The largest absolute Gasteiger partial charge is 0.341 e. The van der Waals surface area contributed by atoms with Gasteiger partial charge in [0.15, 0.2) is 0 Å². The second-order valence-electron chi connectivity index (χ2n) is 8.48. The van der Waals surface area contributed by atoms with Gasteiger partial charge in [0.1, 0.15) is 5.82 Å². The maximum atomic E-state index is 4.83. The van der Waals surface area contributed by atoms with E-state index in [0.717, 1.165) is 28.5 Å². The first-order valence-corrected chi connectivity index (χ1v) is 11.6. The van der Waals surface area contributed by atoms with Crippen LogP contribution >= 0.6 is 28.3 Å². The highest BCUT2D eigenvalue weighted by Gasteiger charge is 2.28. The van der Waals surface area contributed by atoms with Crippen molar-refractivity contribution in [3.05, 3.63) is 40.8 Å². The van der Waals surface area contributed by atoms with Gasteiger partial charge in [-0.15, -0.1) is 12.4 Å². The molecular weight excluding hydrogens is 434 g/mol. The van der Waals surface area contributed by atoms with Gasteiger partial charge >= 0.3 is 0 Å². The second kappa shape index (κ2) is 10.8. The Kier molecular flexibility index (Phi) is 8.43. The molecule has 2 N–H and O–H groups in total. The third-order valence-electron chi connectivity index (χ3n) is 6.50. The second-order valence-corrected chi connectivity index (χ2v) is 9.40. The van der Waals surface area contributed by atoms with Gasteiger partial charge in [0.2, 0.25) is 0 Å². The molecule has 0 unspecified atom stereocenters. The van der Waals surface area contributed by atoms with Crippen LogP contribution in [0, 0.1) is 11.8 Å². The van der Waals surface area contributed by atoms with Crippen LogP contribution in [0.25, 0.3) is 11.3 Å². The fourth-order valence-electron chi connectivity index (χ4n) is 4.94. The number of hydrogen-bond acceptors (Lipinski definition) is 2. The van der Waals surface area contributed by atoms with Gasteiger partial charge in [-0.1, -0.05) is 66.6 Å². The number of imidazole rings is 1. The highest BCUT2D eigenvalue weighted by molar-refractivity contribution is 9.10. The lowest BCUT2D eigenvalue weighted by molar-refractivity contribution is 0.242. The predicted octanol–water partition coefficient (Wildman–Crippen LogP) is 7.05. The highest BCUT2D eigenvalue weighted by Crippen LogP contribution is 2.35. The number of aromatic nitrogens is 2. The number of nitrogens with zero attached hydrogens (tertiary/aromatic N) is 1. The van der Waals surface area contributed by atoms with Crippen molar-refractivity contribution in [3.63, 3.8) is 0 Å². The molecule has 2 aromatic rings. The molecule has 0 amide bonds. The van der Waals surface area contributed by atoms with Crippen molar-refractivity contribution in [2.45, 2.75) is 70.3 Å². The molecule has 0 aliphatic heterocycles. The number of aromatic amines is 1. The smallest absolute Gasteiger partial charge is 0.123 e. The van der Waals surface area contributed by atoms with E-state index in [9.17, 15) is 0 Å². The summed E-state index contributed by atoms with van der Waals surface area (Å²) in [5.41, 5.74) is 2.31. The molecule has 2 aliphatic rings. The van der Waals surface area contributed by atoms with E-state index in [4.69, 9.17) is 4.98 Å². The normalized spacial score (nSPS) is 19.9. The number of hydrogen-bond donors (Lipinski definition) is 2. The summed E-state index contributed by atoms with van der Waals surface area (Å²) in [5.74, 6) is 2.70. The Morgan fingerprint density at radius 1 is 1.04 bits per heavy atom. The van der Waals surface area contributed by atoms with Gasteiger partial charge in [-0.05, 0) is 56.2 Å². The van der Waals surface area contributed by atoms with Crippen LogP contribution in [-0.4, -0.2) is 16.5 Å². The van der Waals surface area contributed by atoms with Crippen molar-refractivity contribution in [1.82, 2.24) is 15.3 Å². The van der Waals surface area contributed by atoms with Crippen molar-refractivity contribution in [2.24, 2.45) is 11.8 Å². The Labute approximate surface area is 184 Å². The number of H-pyrrole nitrogens is 1. The molecule has 2 fully saturated rings. The van der Waals surface area contributed by atoms with Crippen LogP contribution in [0.15, 0.2) is 34.9 Å². The minimum Gasteiger partial charge on any atom is -0.341 e. The Balaban J connectivity index is 0.00000225. The highest BCUT2D eigenvalue weighted by atomic mass is 79.9. The topological polar surface area (TPSA) is 40.7 Å². The maximum Gasteiger partial charge on any atom is 0.123 e. The molecule has 1 aromatic heterocycles. The predicted molar refractivity (Wildman–Crippen MR) is 123 cm³/mol. The van der Waals surface area contributed by atoms with Gasteiger partial charge in [-0.3, -0.25) is 0 Å². The molecule has 3 nitrogen and oxygen atoms in total. The van der Waals surface area contributed by atoms with E-state index < -0.39 is 0 Å². The van der Waals surface area contributed by atoms with Gasteiger partial charge in [0.25, 0.3) is 0 Å². The van der Waals surface area contributed by atoms with Crippen molar-refractivity contribution in [2.75, 3.05) is 6.54 Å². The molecule has 2 aliphatic carbocycles. The third kappa shape index (κ3) is 5.61. The number of rotatable bonds is 6. The first kappa shape index (κ1) is 21.9. The summed E-state index contributed by atoms with van der Waals surface area (Å²) in [4.78, 5) is 8.48. The molecule has 2 saturated carbocycles. The molecule has 1 atom stereocenters. The number of benzene rings is 1.